The van der Waals surface area contributed by atoms with Crippen LogP contribution in [0.5, 0.6) is 0 Å². The van der Waals surface area contributed by atoms with E-state index in [1.54, 1.807) is 4.90 Å². The molecule has 0 aliphatic carbocycles. The van der Waals surface area contributed by atoms with Crippen LogP contribution in [0.2, 0.25) is 5.02 Å². The van der Waals surface area contributed by atoms with Gasteiger partial charge in [-0.05, 0) is 38.5 Å². The molecule has 0 spiro atoms. The molecule has 0 N–H and O–H groups in total. The standard InChI is InChI=1S/C19H25ClN2O2/c1-4-18(9-8-16-6-5-7-17(20)14-16)21-10-12-22(13-11-21)19(23)24-15(2)3/h5-7,14-15,18H,4,10-13H2,1-3H3. The lowest BCUT2D eigenvalue weighted by atomic mass is 10.1. The van der Waals surface area contributed by atoms with Crippen molar-refractivity contribution < 1.29 is 9.53 Å². The van der Waals surface area contributed by atoms with Crippen molar-refractivity contribution in [3.8, 4) is 11.8 Å². The zero-order valence-electron chi connectivity index (χ0n) is 14.6. The van der Waals surface area contributed by atoms with Gasteiger partial charge >= 0.3 is 6.09 Å². The van der Waals surface area contributed by atoms with Gasteiger partial charge in [-0.2, -0.15) is 0 Å². The molecular weight excluding hydrogens is 324 g/mol. The number of halogens is 1. The zero-order chi connectivity index (χ0) is 17.5. The molecule has 4 nitrogen and oxygen atoms in total. The highest BCUT2D eigenvalue weighted by atomic mass is 35.5. The van der Waals surface area contributed by atoms with E-state index in [-0.39, 0.29) is 18.2 Å². The molecule has 1 unspecified atom stereocenters. The van der Waals surface area contributed by atoms with E-state index in [0.29, 0.717) is 18.1 Å². The first-order valence-electron chi connectivity index (χ1n) is 8.46. The fourth-order valence-corrected chi connectivity index (χ4v) is 2.87. The summed E-state index contributed by atoms with van der Waals surface area (Å²) >= 11 is 6.00. The third-order valence-corrected chi connectivity index (χ3v) is 4.18. The van der Waals surface area contributed by atoms with Crippen LogP contribution in [0.4, 0.5) is 4.79 Å². The summed E-state index contributed by atoms with van der Waals surface area (Å²) in [5, 5.41) is 0.701. The van der Waals surface area contributed by atoms with Gasteiger partial charge in [0.05, 0.1) is 12.1 Å². The minimum absolute atomic E-state index is 0.0810. The number of amides is 1. The van der Waals surface area contributed by atoms with E-state index in [1.165, 1.54) is 0 Å². The van der Waals surface area contributed by atoms with Gasteiger partial charge in [0.1, 0.15) is 0 Å². The third-order valence-electron chi connectivity index (χ3n) is 3.94. The first-order chi connectivity index (χ1) is 11.5. The van der Waals surface area contributed by atoms with Gasteiger partial charge in [-0.3, -0.25) is 4.90 Å². The van der Waals surface area contributed by atoms with Crippen molar-refractivity contribution in [3.05, 3.63) is 34.9 Å². The maximum atomic E-state index is 11.9. The maximum absolute atomic E-state index is 11.9. The summed E-state index contributed by atoms with van der Waals surface area (Å²) in [5.41, 5.74) is 0.931. The van der Waals surface area contributed by atoms with E-state index in [0.717, 1.165) is 25.1 Å². The van der Waals surface area contributed by atoms with Gasteiger partial charge in [0.25, 0.3) is 0 Å². The molecule has 0 bridgehead atoms. The second-order valence-electron chi connectivity index (χ2n) is 6.16. The topological polar surface area (TPSA) is 32.8 Å². The van der Waals surface area contributed by atoms with Crippen molar-refractivity contribution in [3.63, 3.8) is 0 Å². The molecule has 1 fully saturated rings. The lowest BCUT2D eigenvalue weighted by Gasteiger charge is -2.37. The Hall–Kier alpha value is -1.70. The molecular formula is C19H25ClN2O2. The van der Waals surface area contributed by atoms with Gasteiger partial charge in [-0.1, -0.05) is 36.4 Å². The molecule has 1 aromatic carbocycles. The van der Waals surface area contributed by atoms with Gasteiger partial charge in [0, 0.05) is 36.8 Å². The zero-order valence-corrected chi connectivity index (χ0v) is 15.3. The molecule has 1 saturated heterocycles. The Morgan fingerprint density at radius 1 is 1.29 bits per heavy atom. The maximum Gasteiger partial charge on any atom is 0.410 e. The monoisotopic (exact) mass is 348 g/mol. The van der Waals surface area contributed by atoms with Gasteiger partial charge in [0.2, 0.25) is 0 Å². The Morgan fingerprint density at radius 2 is 2.00 bits per heavy atom. The molecule has 0 aromatic heterocycles. The fraction of sp³-hybridized carbons (Fsp3) is 0.526. The van der Waals surface area contributed by atoms with Gasteiger partial charge in [0.15, 0.2) is 0 Å². The summed E-state index contributed by atoms with van der Waals surface area (Å²) in [5.74, 6) is 6.55. The summed E-state index contributed by atoms with van der Waals surface area (Å²) in [6.45, 7) is 8.86. The molecule has 1 aliphatic rings. The summed E-state index contributed by atoms with van der Waals surface area (Å²) in [4.78, 5) is 16.0. The summed E-state index contributed by atoms with van der Waals surface area (Å²) < 4.78 is 5.26. The van der Waals surface area contributed by atoms with Crippen molar-refractivity contribution in [2.24, 2.45) is 0 Å². The van der Waals surface area contributed by atoms with Crippen LogP contribution in [0.1, 0.15) is 32.8 Å². The number of hydrogen-bond donors (Lipinski definition) is 0. The molecule has 1 atom stereocenters. The third kappa shape index (κ3) is 5.43. The first kappa shape index (κ1) is 18.6. The largest absolute Gasteiger partial charge is 0.447 e. The van der Waals surface area contributed by atoms with Crippen LogP contribution >= 0.6 is 11.6 Å². The average molecular weight is 349 g/mol. The molecule has 24 heavy (non-hydrogen) atoms. The van der Waals surface area contributed by atoms with Crippen LogP contribution in [0.3, 0.4) is 0 Å². The Bertz CT molecular complexity index is 613. The molecule has 130 valence electrons. The van der Waals surface area contributed by atoms with Crippen LogP contribution in [0.15, 0.2) is 24.3 Å². The molecule has 1 heterocycles. The van der Waals surface area contributed by atoms with E-state index >= 15 is 0 Å². The number of rotatable bonds is 3. The smallest absolute Gasteiger partial charge is 0.410 e. The number of piperazine rings is 1. The molecule has 2 rings (SSSR count). The highest BCUT2D eigenvalue weighted by Gasteiger charge is 2.25. The number of nitrogens with zero attached hydrogens (tertiary/aromatic N) is 2. The molecule has 0 radical (unpaired) electrons. The number of hydrogen-bond acceptors (Lipinski definition) is 3. The van der Waals surface area contributed by atoms with Crippen molar-refractivity contribution in [1.29, 1.82) is 0 Å². The van der Waals surface area contributed by atoms with E-state index in [9.17, 15) is 4.79 Å². The quantitative estimate of drug-likeness (QED) is 0.782. The van der Waals surface area contributed by atoms with E-state index in [1.807, 2.05) is 38.1 Å². The summed E-state index contributed by atoms with van der Waals surface area (Å²) in [6.07, 6.45) is 0.648. The van der Waals surface area contributed by atoms with Crippen LogP contribution in [-0.2, 0) is 4.74 Å². The number of carbonyl (C=O) groups is 1. The lowest BCUT2D eigenvalue weighted by molar-refractivity contribution is 0.0528. The second-order valence-corrected chi connectivity index (χ2v) is 6.60. The van der Waals surface area contributed by atoms with Crippen molar-refractivity contribution >= 4 is 17.7 Å². The van der Waals surface area contributed by atoms with E-state index in [4.69, 9.17) is 16.3 Å². The normalized spacial score (nSPS) is 16.5. The van der Waals surface area contributed by atoms with Gasteiger partial charge in [-0.25, -0.2) is 4.79 Å². The highest BCUT2D eigenvalue weighted by molar-refractivity contribution is 6.30. The van der Waals surface area contributed by atoms with Crippen molar-refractivity contribution in [2.45, 2.75) is 39.3 Å². The Kier molecular flexibility index (Phi) is 6.96. The van der Waals surface area contributed by atoms with Crippen LogP contribution in [-0.4, -0.2) is 54.2 Å². The second kappa shape index (κ2) is 8.96. The van der Waals surface area contributed by atoms with E-state index in [2.05, 4.69) is 23.7 Å². The van der Waals surface area contributed by atoms with Crippen molar-refractivity contribution in [2.75, 3.05) is 26.2 Å². The number of benzene rings is 1. The summed E-state index contributed by atoms with van der Waals surface area (Å²) in [7, 11) is 0. The first-order valence-corrected chi connectivity index (χ1v) is 8.84. The molecule has 0 saturated carbocycles. The minimum Gasteiger partial charge on any atom is -0.447 e. The number of carbonyl (C=O) groups excluding carboxylic acids is 1. The van der Waals surface area contributed by atoms with Gasteiger partial charge < -0.3 is 9.64 Å². The number of ether oxygens (including phenoxy) is 1. The van der Waals surface area contributed by atoms with Crippen LogP contribution in [0, 0.1) is 11.8 Å². The predicted octanol–water partition coefficient (Wildman–Crippen LogP) is 3.63. The SMILES string of the molecule is CCC(C#Cc1cccc(Cl)c1)N1CCN(C(=O)OC(C)C)CC1. The Labute approximate surface area is 149 Å². The highest BCUT2D eigenvalue weighted by Crippen LogP contribution is 2.12. The van der Waals surface area contributed by atoms with Gasteiger partial charge in [-0.15, -0.1) is 0 Å². The Morgan fingerprint density at radius 3 is 2.58 bits per heavy atom. The van der Waals surface area contributed by atoms with Crippen LogP contribution in [0.25, 0.3) is 0 Å². The molecule has 1 amide bonds. The lowest BCUT2D eigenvalue weighted by Crippen LogP contribution is -2.52. The molecule has 1 aliphatic heterocycles. The minimum atomic E-state index is -0.220. The average Bonchev–Trinajstić information content (AvgIpc) is 2.55. The van der Waals surface area contributed by atoms with E-state index < -0.39 is 0 Å². The summed E-state index contributed by atoms with van der Waals surface area (Å²) in [6, 6.07) is 7.78. The Balaban J connectivity index is 1.93. The predicted molar refractivity (Wildman–Crippen MR) is 97.2 cm³/mol. The molecule has 1 aromatic rings. The molecule has 5 heteroatoms. The van der Waals surface area contributed by atoms with Crippen LogP contribution < -0.4 is 0 Å². The van der Waals surface area contributed by atoms with Crippen molar-refractivity contribution in [1.82, 2.24) is 9.80 Å². The fourth-order valence-electron chi connectivity index (χ4n) is 2.68.